The number of aliphatic carboxylic acids is 1. The van der Waals surface area contributed by atoms with E-state index in [4.69, 9.17) is 9.84 Å². The summed E-state index contributed by atoms with van der Waals surface area (Å²) >= 11 is 0. The lowest BCUT2D eigenvalue weighted by atomic mass is 10.2. The number of nitrogens with zero attached hydrogens (tertiary/aromatic N) is 1. The molecule has 1 heterocycles. The molecule has 0 unspecified atom stereocenters. The Bertz CT molecular complexity index is 761. The van der Waals surface area contributed by atoms with Gasteiger partial charge < -0.3 is 14.9 Å². The fourth-order valence-corrected chi connectivity index (χ4v) is 2.46. The van der Waals surface area contributed by atoms with E-state index < -0.39 is 32.4 Å². The summed E-state index contributed by atoms with van der Waals surface area (Å²) in [7, 11) is -4.38. The first-order chi connectivity index (χ1) is 9.31. The van der Waals surface area contributed by atoms with Crippen molar-refractivity contribution in [3.63, 3.8) is 0 Å². The number of rotatable bonds is 3. The number of benzene rings is 1. The van der Waals surface area contributed by atoms with E-state index >= 15 is 0 Å². The van der Waals surface area contributed by atoms with E-state index in [9.17, 15) is 23.1 Å². The molecule has 0 amide bonds. The largest absolute Gasteiger partial charge is 0.508 e. The highest BCUT2D eigenvalue weighted by Crippen LogP contribution is 2.24. The molecular weight excluding hydrogens is 290 g/mol. The van der Waals surface area contributed by atoms with Crippen LogP contribution in [0.5, 0.6) is 11.5 Å². The maximum absolute atomic E-state index is 11.8. The van der Waals surface area contributed by atoms with Crippen molar-refractivity contribution in [2.75, 3.05) is 0 Å². The van der Waals surface area contributed by atoms with E-state index in [-0.39, 0.29) is 11.5 Å². The first-order valence-corrected chi connectivity index (χ1v) is 6.54. The molecule has 0 aliphatic carbocycles. The fraction of sp³-hybridized carbons (Fsp3) is 0. The predicted octanol–water partition coefficient (Wildman–Crippen LogP) is 0.0505. The second-order valence-electron chi connectivity index (χ2n) is 3.64. The first-order valence-electron chi connectivity index (χ1n) is 5.10. The van der Waals surface area contributed by atoms with Gasteiger partial charge in [-0.2, -0.15) is 12.8 Å². The lowest BCUT2D eigenvalue weighted by Crippen LogP contribution is -2.19. The third-order valence-corrected chi connectivity index (χ3v) is 3.55. The van der Waals surface area contributed by atoms with Gasteiger partial charge in [0.15, 0.2) is 4.91 Å². The Hall–Kier alpha value is -2.68. The molecule has 0 fully saturated rings. The van der Waals surface area contributed by atoms with Crippen LogP contribution in [-0.2, 0) is 19.6 Å². The summed E-state index contributed by atoms with van der Waals surface area (Å²) in [6.45, 7) is 0. The van der Waals surface area contributed by atoms with Crippen LogP contribution in [0.3, 0.4) is 0 Å². The van der Waals surface area contributed by atoms with Gasteiger partial charge in [0.05, 0.1) is 6.21 Å². The number of hydrogen-bond donors (Lipinski definition) is 2. The van der Waals surface area contributed by atoms with E-state index in [1.54, 1.807) is 0 Å². The number of carbonyl (C=O) groups is 2. The Labute approximate surface area is 112 Å². The number of phenols is 1. The van der Waals surface area contributed by atoms with Crippen LogP contribution < -0.4 is 4.74 Å². The highest BCUT2D eigenvalue weighted by atomic mass is 32.2. The smallest absolute Gasteiger partial charge is 0.358 e. The van der Waals surface area contributed by atoms with Crippen LogP contribution in [-0.4, -0.2) is 36.8 Å². The maximum atomic E-state index is 11.8. The molecular formula is C11H7NO7S. The summed E-state index contributed by atoms with van der Waals surface area (Å²) in [6, 6.07) is 5.04. The van der Waals surface area contributed by atoms with E-state index in [0.717, 1.165) is 6.07 Å². The average Bonchev–Trinajstić information content (AvgIpc) is 2.65. The SMILES string of the molecule is O=C(O)C1=C(C(=O)Oc2cccc(O)c2)S(=O)(=O)N=C1. The third-order valence-electron chi connectivity index (χ3n) is 2.27. The summed E-state index contributed by atoms with van der Waals surface area (Å²) in [5.74, 6) is -3.33. The number of phenolic OH excluding ortho intramolecular Hbond substituents is 1. The van der Waals surface area contributed by atoms with Gasteiger partial charge in [-0.15, -0.1) is 0 Å². The van der Waals surface area contributed by atoms with Gasteiger partial charge in [-0.05, 0) is 12.1 Å². The molecule has 0 bridgehead atoms. The minimum Gasteiger partial charge on any atom is -0.508 e. The Kier molecular flexibility index (Phi) is 3.28. The average molecular weight is 297 g/mol. The van der Waals surface area contributed by atoms with Crippen LogP contribution in [0.15, 0.2) is 39.1 Å². The minimum absolute atomic E-state index is 0.130. The van der Waals surface area contributed by atoms with Gasteiger partial charge in [-0.1, -0.05) is 6.07 Å². The van der Waals surface area contributed by atoms with Crippen LogP contribution in [0.4, 0.5) is 0 Å². The molecule has 0 spiro atoms. The normalized spacial score (nSPS) is 16.2. The van der Waals surface area contributed by atoms with E-state index in [1.165, 1.54) is 18.2 Å². The van der Waals surface area contributed by atoms with Crippen molar-refractivity contribution in [1.82, 2.24) is 0 Å². The van der Waals surface area contributed by atoms with Crippen molar-refractivity contribution in [3.8, 4) is 11.5 Å². The van der Waals surface area contributed by atoms with E-state index in [1.807, 2.05) is 0 Å². The van der Waals surface area contributed by atoms with Crippen LogP contribution in [0, 0.1) is 0 Å². The standard InChI is InChI=1S/C11H7NO7S/c13-6-2-1-3-7(4-6)19-11(16)9-8(10(14)15)5-12-20(9,17)18/h1-5,13H,(H,14,15). The zero-order valence-electron chi connectivity index (χ0n) is 9.68. The van der Waals surface area contributed by atoms with Gasteiger partial charge in [0, 0.05) is 6.07 Å². The van der Waals surface area contributed by atoms with Gasteiger partial charge in [0.25, 0.3) is 10.0 Å². The molecule has 0 radical (unpaired) electrons. The van der Waals surface area contributed by atoms with Crippen molar-refractivity contribution >= 4 is 28.2 Å². The zero-order valence-corrected chi connectivity index (χ0v) is 10.5. The number of carboxylic acid groups (broad SMARTS) is 1. The van der Waals surface area contributed by atoms with Crippen molar-refractivity contribution in [1.29, 1.82) is 0 Å². The molecule has 0 aromatic heterocycles. The van der Waals surface area contributed by atoms with Crippen molar-refractivity contribution in [2.45, 2.75) is 0 Å². The molecule has 0 saturated heterocycles. The molecule has 8 nitrogen and oxygen atoms in total. The Balaban J connectivity index is 2.38. The second kappa shape index (κ2) is 4.78. The Morgan fingerprint density at radius 2 is 1.95 bits per heavy atom. The van der Waals surface area contributed by atoms with Crippen LogP contribution in [0.2, 0.25) is 0 Å². The number of esters is 1. The van der Waals surface area contributed by atoms with Crippen LogP contribution in [0.25, 0.3) is 0 Å². The third kappa shape index (κ3) is 2.52. The number of hydrogen-bond acceptors (Lipinski definition) is 6. The fourth-order valence-electron chi connectivity index (χ4n) is 1.44. The summed E-state index contributed by atoms with van der Waals surface area (Å²) < 4.78 is 30.7. The van der Waals surface area contributed by atoms with Crippen LogP contribution in [0.1, 0.15) is 0 Å². The molecule has 2 rings (SSSR count). The van der Waals surface area contributed by atoms with Gasteiger partial charge in [0.2, 0.25) is 0 Å². The highest BCUT2D eigenvalue weighted by molar-refractivity contribution is 7.95. The lowest BCUT2D eigenvalue weighted by Gasteiger charge is -2.05. The van der Waals surface area contributed by atoms with Gasteiger partial charge in [-0.3, -0.25) is 0 Å². The van der Waals surface area contributed by atoms with Crippen molar-refractivity contribution in [3.05, 3.63) is 34.7 Å². The zero-order chi connectivity index (χ0) is 14.9. The number of ether oxygens (including phenoxy) is 1. The first kappa shape index (κ1) is 13.7. The van der Waals surface area contributed by atoms with Crippen LogP contribution >= 0.6 is 0 Å². The number of aromatic hydroxyl groups is 1. The van der Waals surface area contributed by atoms with Gasteiger partial charge >= 0.3 is 11.9 Å². The molecule has 2 N–H and O–H groups in total. The Morgan fingerprint density at radius 3 is 2.55 bits per heavy atom. The number of carbonyl (C=O) groups excluding carboxylic acids is 1. The quantitative estimate of drug-likeness (QED) is 0.595. The summed E-state index contributed by atoms with van der Waals surface area (Å²) in [5.41, 5.74) is -0.768. The molecule has 1 aromatic carbocycles. The molecule has 1 aromatic rings. The molecule has 0 saturated carbocycles. The molecule has 20 heavy (non-hydrogen) atoms. The lowest BCUT2D eigenvalue weighted by molar-refractivity contribution is -0.133. The molecule has 9 heteroatoms. The molecule has 1 aliphatic rings. The second-order valence-corrected chi connectivity index (χ2v) is 5.21. The Morgan fingerprint density at radius 1 is 1.25 bits per heavy atom. The maximum Gasteiger partial charge on any atom is 0.358 e. The monoisotopic (exact) mass is 297 g/mol. The van der Waals surface area contributed by atoms with E-state index in [0.29, 0.717) is 6.21 Å². The molecule has 104 valence electrons. The van der Waals surface area contributed by atoms with Crippen molar-refractivity contribution < 1.29 is 33.0 Å². The van der Waals surface area contributed by atoms with Gasteiger partial charge in [0.1, 0.15) is 17.1 Å². The van der Waals surface area contributed by atoms with Gasteiger partial charge in [-0.25, -0.2) is 9.59 Å². The summed E-state index contributed by atoms with van der Waals surface area (Å²) in [4.78, 5) is 21.6. The summed E-state index contributed by atoms with van der Waals surface area (Å²) in [5, 5.41) is 18.0. The molecule has 0 atom stereocenters. The predicted molar refractivity (Wildman–Crippen MR) is 65.8 cm³/mol. The topological polar surface area (TPSA) is 130 Å². The highest BCUT2D eigenvalue weighted by Gasteiger charge is 2.37. The van der Waals surface area contributed by atoms with Crippen molar-refractivity contribution in [2.24, 2.45) is 4.40 Å². The minimum atomic E-state index is -4.38. The summed E-state index contributed by atoms with van der Waals surface area (Å²) in [6.07, 6.45) is 0.566. The molecule has 1 aliphatic heterocycles. The van der Waals surface area contributed by atoms with E-state index in [2.05, 4.69) is 4.40 Å². The number of carboxylic acids is 1. The number of sulfonamides is 1.